The van der Waals surface area contributed by atoms with Gasteiger partial charge in [-0.05, 0) is 72.0 Å². The van der Waals surface area contributed by atoms with Crippen LogP contribution in [-0.4, -0.2) is 18.6 Å². The Bertz CT molecular complexity index is 592. The van der Waals surface area contributed by atoms with E-state index in [4.69, 9.17) is 16.3 Å². The lowest BCUT2D eigenvalue weighted by Crippen LogP contribution is -2.19. The van der Waals surface area contributed by atoms with Crippen LogP contribution in [0, 0.1) is 3.57 Å². The molecule has 1 heterocycles. The van der Waals surface area contributed by atoms with Gasteiger partial charge in [-0.25, -0.2) is 0 Å². The van der Waals surface area contributed by atoms with Gasteiger partial charge in [0.15, 0.2) is 0 Å². The first kappa shape index (κ1) is 15.5. The maximum Gasteiger partial charge on any atom is 0.137 e. The molecule has 0 amide bonds. The summed E-state index contributed by atoms with van der Waals surface area (Å²) in [7, 11) is 1.93. The van der Waals surface area contributed by atoms with Crippen molar-refractivity contribution in [2.24, 2.45) is 0 Å². The van der Waals surface area contributed by atoms with E-state index in [2.05, 4.69) is 32.9 Å². The minimum Gasteiger partial charge on any atom is -0.492 e. The van der Waals surface area contributed by atoms with Crippen molar-refractivity contribution >= 4 is 34.2 Å². The number of hydrogen-bond acceptors (Lipinski definition) is 3. The normalized spacial score (nSPS) is 12.2. The van der Waals surface area contributed by atoms with Gasteiger partial charge in [0.25, 0.3) is 0 Å². The van der Waals surface area contributed by atoms with E-state index in [0.717, 1.165) is 25.5 Å². The highest BCUT2D eigenvalue weighted by Gasteiger charge is 2.16. The third-order valence-corrected chi connectivity index (χ3v) is 4.15. The first-order valence-corrected chi connectivity index (χ1v) is 7.81. The molecular weight excluding hydrogens is 387 g/mol. The van der Waals surface area contributed by atoms with Crippen molar-refractivity contribution in [3.05, 3.63) is 56.4 Å². The third kappa shape index (κ3) is 3.62. The van der Waals surface area contributed by atoms with Crippen LogP contribution >= 0.6 is 34.2 Å². The van der Waals surface area contributed by atoms with Crippen molar-refractivity contribution in [3.8, 4) is 5.75 Å². The quantitative estimate of drug-likeness (QED) is 0.766. The fourth-order valence-electron chi connectivity index (χ4n) is 2.08. The molecule has 20 heavy (non-hydrogen) atoms. The molecule has 0 bridgehead atoms. The highest BCUT2D eigenvalue weighted by Crippen LogP contribution is 2.29. The van der Waals surface area contributed by atoms with Gasteiger partial charge in [0, 0.05) is 14.8 Å². The monoisotopic (exact) mass is 402 g/mol. The molecule has 0 saturated carbocycles. The Kier molecular flexibility index (Phi) is 5.63. The van der Waals surface area contributed by atoms with Crippen molar-refractivity contribution in [2.45, 2.75) is 13.0 Å². The molecule has 3 nitrogen and oxygen atoms in total. The summed E-state index contributed by atoms with van der Waals surface area (Å²) in [5.74, 6) is 0.780. The minimum atomic E-state index is 0.0357. The number of benzene rings is 1. The van der Waals surface area contributed by atoms with Crippen molar-refractivity contribution in [1.29, 1.82) is 0 Å². The van der Waals surface area contributed by atoms with E-state index in [1.54, 1.807) is 6.20 Å². The molecular formula is C15H16ClIN2O. The number of pyridine rings is 1. The summed E-state index contributed by atoms with van der Waals surface area (Å²) in [5, 5.41) is 4.04. The van der Waals surface area contributed by atoms with Crippen molar-refractivity contribution < 1.29 is 4.74 Å². The fourth-order valence-corrected chi connectivity index (χ4v) is 2.90. The Morgan fingerprint density at radius 3 is 2.85 bits per heavy atom. The first-order chi connectivity index (χ1) is 9.65. The van der Waals surface area contributed by atoms with Gasteiger partial charge < -0.3 is 10.1 Å². The molecule has 0 aliphatic carbocycles. The smallest absolute Gasteiger partial charge is 0.137 e. The third-order valence-electron chi connectivity index (χ3n) is 2.94. The second-order valence-corrected chi connectivity index (χ2v) is 5.87. The van der Waals surface area contributed by atoms with Crippen LogP contribution in [0.4, 0.5) is 0 Å². The predicted octanol–water partition coefficient (Wildman–Crippen LogP) is 4.05. The summed E-state index contributed by atoms with van der Waals surface area (Å²) in [5.41, 5.74) is 2.19. The van der Waals surface area contributed by atoms with Gasteiger partial charge in [-0.15, -0.1) is 0 Å². The van der Waals surface area contributed by atoms with E-state index in [1.807, 2.05) is 44.4 Å². The van der Waals surface area contributed by atoms with Crippen LogP contribution in [-0.2, 0) is 0 Å². The second kappa shape index (κ2) is 7.24. The SMILES string of the molecule is CCOc1cncc(C(NC)c2cc(Cl)ccc2I)c1. The maximum atomic E-state index is 6.11. The molecule has 2 aromatic rings. The Balaban J connectivity index is 2.41. The molecule has 106 valence electrons. The lowest BCUT2D eigenvalue weighted by molar-refractivity contribution is 0.338. The summed E-state index contributed by atoms with van der Waals surface area (Å²) in [6, 6.07) is 7.94. The van der Waals surface area contributed by atoms with Crippen LogP contribution in [0.25, 0.3) is 0 Å². The zero-order valence-electron chi connectivity index (χ0n) is 11.4. The van der Waals surface area contributed by atoms with Crippen LogP contribution in [0.15, 0.2) is 36.7 Å². The average Bonchev–Trinajstić information content (AvgIpc) is 2.44. The zero-order chi connectivity index (χ0) is 14.5. The van der Waals surface area contributed by atoms with E-state index in [-0.39, 0.29) is 6.04 Å². The van der Waals surface area contributed by atoms with Gasteiger partial charge in [0.05, 0.1) is 18.8 Å². The average molecular weight is 403 g/mol. The number of halogens is 2. The van der Waals surface area contributed by atoms with Crippen LogP contribution in [0.5, 0.6) is 5.75 Å². The molecule has 0 aliphatic heterocycles. The summed E-state index contributed by atoms with van der Waals surface area (Å²) < 4.78 is 6.67. The zero-order valence-corrected chi connectivity index (χ0v) is 14.3. The van der Waals surface area contributed by atoms with Crippen LogP contribution < -0.4 is 10.1 Å². The second-order valence-electron chi connectivity index (χ2n) is 4.27. The van der Waals surface area contributed by atoms with Gasteiger partial charge in [-0.3, -0.25) is 4.98 Å². The summed E-state index contributed by atoms with van der Waals surface area (Å²) in [6.07, 6.45) is 3.57. The lowest BCUT2D eigenvalue weighted by Gasteiger charge is -2.19. The van der Waals surface area contributed by atoms with E-state index >= 15 is 0 Å². The van der Waals surface area contributed by atoms with E-state index in [0.29, 0.717) is 6.61 Å². The van der Waals surface area contributed by atoms with Gasteiger partial charge in [-0.1, -0.05) is 11.6 Å². The van der Waals surface area contributed by atoms with Gasteiger partial charge in [-0.2, -0.15) is 0 Å². The van der Waals surface area contributed by atoms with Crippen LogP contribution in [0.1, 0.15) is 24.1 Å². The molecule has 0 spiro atoms. The number of rotatable bonds is 5. The Labute approximate surface area is 137 Å². The number of nitrogens with zero attached hydrogens (tertiary/aromatic N) is 1. The van der Waals surface area contributed by atoms with E-state index in [9.17, 15) is 0 Å². The number of hydrogen-bond donors (Lipinski definition) is 1. The highest BCUT2D eigenvalue weighted by atomic mass is 127. The predicted molar refractivity (Wildman–Crippen MR) is 90.5 cm³/mol. The van der Waals surface area contributed by atoms with Gasteiger partial charge in [0.2, 0.25) is 0 Å². The van der Waals surface area contributed by atoms with E-state index in [1.165, 1.54) is 0 Å². The number of aromatic nitrogens is 1. The lowest BCUT2D eigenvalue weighted by atomic mass is 10.0. The highest BCUT2D eigenvalue weighted by molar-refractivity contribution is 14.1. The van der Waals surface area contributed by atoms with Crippen molar-refractivity contribution in [3.63, 3.8) is 0 Å². The van der Waals surface area contributed by atoms with Crippen LogP contribution in [0.2, 0.25) is 5.02 Å². The summed E-state index contributed by atoms with van der Waals surface area (Å²) >= 11 is 8.43. The molecule has 2 rings (SSSR count). The first-order valence-electron chi connectivity index (χ1n) is 6.35. The molecule has 0 radical (unpaired) electrons. The van der Waals surface area contributed by atoms with E-state index < -0.39 is 0 Å². The summed E-state index contributed by atoms with van der Waals surface area (Å²) in [4.78, 5) is 4.25. The molecule has 1 unspecified atom stereocenters. The molecule has 1 atom stereocenters. The molecule has 5 heteroatoms. The molecule has 0 aliphatic rings. The minimum absolute atomic E-state index is 0.0357. The Morgan fingerprint density at radius 1 is 1.35 bits per heavy atom. The number of nitrogens with one attached hydrogen (secondary N) is 1. The Hall–Kier alpha value is -0.850. The molecule has 1 N–H and O–H groups in total. The van der Waals surface area contributed by atoms with Gasteiger partial charge >= 0.3 is 0 Å². The molecule has 0 fully saturated rings. The number of ether oxygens (including phenoxy) is 1. The van der Waals surface area contributed by atoms with Crippen LogP contribution in [0.3, 0.4) is 0 Å². The molecule has 0 saturated heterocycles. The standard InChI is InChI=1S/C15H16ClIN2O/c1-3-20-12-6-10(8-19-9-12)15(18-2)13-7-11(16)4-5-14(13)17/h4-9,15,18H,3H2,1-2H3. The molecule has 1 aromatic heterocycles. The van der Waals surface area contributed by atoms with Gasteiger partial charge in [0.1, 0.15) is 5.75 Å². The largest absolute Gasteiger partial charge is 0.492 e. The topological polar surface area (TPSA) is 34.1 Å². The molecule has 1 aromatic carbocycles. The van der Waals surface area contributed by atoms with Crippen molar-refractivity contribution in [1.82, 2.24) is 10.3 Å². The Morgan fingerprint density at radius 2 is 2.15 bits per heavy atom. The maximum absolute atomic E-state index is 6.11. The summed E-state index contributed by atoms with van der Waals surface area (Å²) in [6.45, 7) is 2.59. The van der Waals surface area contributed by atoms with Crippen molar-refractivity contribution in [2.75, 3.05) is 13.7 Å². The fraction of sp³-hybridized carbons (Fsp3) is 0.267.